The third-order valence-corrected chi connectivity index (χ3v) is 6.50. The van der Waals surface area contributed by atoms with E-state index in [-0.39, 0.29) is 12.0 Å². The van der Waals surface area contributed by atoms with Crippen molar-refractivity contribution >= 4 is 5.91 Å². The second-order valence-corrected chi connectivity index (χ2v) is 9.35. The van der Waals surface area contributed by atoms with Crippen LogP contribution in [0.2, 0.25) is 0 Å². The van der Waals surface area contributed by atoms with Crippen molar-refractivity contribution in [2.75, 3.05) is 40.5 Å². The highest BCUT2D eigenvalue weighted by atomic mass is 16.6. The number of aliphatic hydroxyl groups excluding tert-OH is 1. The van der Waals surface area contributed by atoms with Gasteiger partial charge in [-0.25, -0.2) is 0 Å². The summed E-state index contributed by atoms with van der Waals surface area (Å²) in [5.41, 5.74) is 1.07. The molecule has 37 heavy (non-hydrogen) atoms. The third-order valence-electron chi connectivity index (χ3n) is 6.50. The molecule has 0 saturated heterocycles. The second-order valence-electron chi connectivity index (χ2n) is 9.35. The lowest BCUT2D eigenvalue weighted by atomic mass is 10.0. The van der Waals surface area contributed by atoms with Crippen LogP contribution in [0.1, 0.15) is 73.9 Å². The minimum absolute atomic E-state index is 0.188. The molecule has 1 heterocycles. The summed E-state index contributed by atoms with van der Waals surface area (Å²) in [7, 11) is 3.14. The highest BCUT2D eigenvalue weighted by molar-refractivity contribution is 5.97. The van der Waals surface area contributed by atoms with Gasteiger partial charge in [0.1, 0.15) is 18.5 Å². The van der Waals surface area contributed by atoms with Crippen molar-refractivity contribution in [1.29, 1.82) is 0 Å². The monoisotopic (exact) mass is 514 g/mol. The minimum atomic E-state index is -0.794. The molecule has 1 aliphatic rings. The topological polar surface area (TPSA) is 98.3 Å². The average Bonchev–Trinajstić information content (AvgIpc) is 2.93. The van der Waals surface area contributed by atoms with E-state index in [0.29, 0.717) is 60.4 Å². The molecule has 1 amide bonds. The van der Waals surface area contributed by atoms with E-state index < -0.39 is 6.10 Å². The fraction of sp³-hybridized carbons (Fsp3) is 0.552. The summed E-state index contributed by atoms with van der Waals surface area (Å²) < 4.78 is 22.5. The maximum Gasteiger partial charge on any atom is 0.255 e. The minimum Gasteiger partial charge on any atom is -0.496 e. The van der Waals surface area contributed by atoms with E-state index in [1.807, 2.05) is 18.2 Å². The average molecular weight is 515 g/mol. The lowest BCUT2D eigenvalue weighted by Crippen LogP contribution is -2.39. The maximum absolute atomic E-state index is 12.8. The zero-order chi connectivity index (χ0) is 26.5. The number of fused-ring (bicyclic) bond motifs is 1. The quantitative estimate of drug-likeness (QED) is 0.281. The van der Waals surface area contributed by atoms with Crippen LogP contribution in [-0.2, 0) is 0 Å². The Labute approximate surface area is 220 Å². The summed E-state index contributed by atoms with van der Waals surface area (Å²) in [6.45, 7) is 4.02. The summed E-state index contributed by atoms with van der Waals surface area (Å²) in [4.78, 5) is 12.8. The normalized spacial score (nSPS) is 15.2. The SMILES string of the molecule is CCCCCCCCCNC(=O)c1cc(C(O)CNCC2COc3c(OC)cccc3O2)ccc1OC. The second kappa shape index (κ2) is 15.3. The smallest absolute Gasteiger partial charge is 0.255 e. The number of benzene rings is 2. The van der Waals surface area contributed by atoms with Gasteiger partial charge in [0, 0.05) is 19.6 Å². The van der Waals surface area contributed by atoms with E-state index in [4.69, 9.17) is 18.9 Å². The number of rotatable bonds is 16. The van der Waals surface area contributed by atoms with E-state index in [1.54, 1.807) is 32.4 Å². The first-order valence-electron chi connectivity index (χ1n) is 13.4. The molecule has 8 heteroatoms. The molecular weight excluding hydrogens is 472 g/mol. The van der Waals surface area contributed by atoms with Gasteiger partial charge in [-0.2, -0.15) is 0 Å². The molecule has 0 radical (unpaired) electrons. The van der Waals surface area contributed by atoms with Crippen LogP contribution in [0.4, 0.5) is 0 Å². The van der Waals surface area contributed by atoms with Crippen molar-refractivity contribution in [3.8, 4) is 23.0 Å². The van der Waals surface area contributed by atoms with Crippen LogP contribution < -0.4 is 29.6 Å². The molecule has 0 bridgehead atoms. The summed E-state index contributed by atoms with van der Waals surface area (Å²) >= 11 is 0. The van der Waals surface area contributed by atoms with Crippen LogP contribution in [0.5, 0.6) is 23.0 Å². The molecule has 8 nitrogen and oxygen atoms in total. The molecule has 2 aromatic rings. The van der Waals surface area contributed by atoms with Gasteiger partial charge in [-0.3, -0.25) is 4.79 Å². The Hall–Kier alpha value is -2.97. The van der Waals surface area contributed by atoms with E-state index in [1.165, 1.54) is 32.1 Å². The van der Waals surface area contributed by atoms with Gasteiger partial charge in [-0.1, -0.05) is 57.6 Å². The zero-order valence-electron chi connectivity index (χ0n) is 22.4. The molecule has 0 saturated carbocycles. The Kier molecular flexibility index (Phi) is 11.8. The molecular formula is C29H42N2O6. The summed E-state index contributed by atoms with van der Waals surface area (Å²) in [6, 6.07) is 10.7. The highest BCUT2D eigenvalue weighted by Crippen LogP contribution is 2.39. The van der Waals surface area contributed by atoms with Crippen molar-refractivity contribution < 1.29 is 28.8 Å². The van der Waals surface area contributed by atoms with E-state index in [0.717, 1.165) is 12.8 Å². The van der Waals surface area contributed by atoms with Crippen molar-refractivity contribution in [3.05, 3.63) is 47.5 Å². The summed E-state index contributed by atoms with van der Waals surface area (Å²) in [6.07, 6.45) is 7.36. The molecule has 0 fully saturated rings. The van der Waals surface area contributed by atoms with Gasteiger partial charge >= 0.3 is 0 Å². The molecule has 3 N–H and O–H groups in total. The highest BCUT2D eigenvalue weighted by Gasteiger charge is 2.24. The molecule has 1 aliphatic heterocycles. The number of unbranched alkanes of at least 4 members (excludes halogenated alkanes) is 6. The number of carbonyl (C=O) groups excluding carboxylic acids is 1. The molecule has 0 spiro atoms. The van der Waals surface area contributed by atoms with Crippen molar-refractivity contribution in [2.45, 2.75) is 64.1 Å². The molecule has 2 aromatic carbocycles. The largest absolute Gasteiger partial charge is 0.496 e. The predicted molar refractivity (Wildman–Crippen MR) is 144 cm³/mol. The van der Waals surface area contributed by atoms with E-state index in [2.05, 4.69) is 17.6 Å². The summed E-state index contributed by atoms with van der Waals surface area (Å²) in [5, 5.41) is 17.0. The van der Waals surface area contributed by atoms with Crippen LogP contribution in [-0.4, -0.2) is 57.6 Å². The Balaban J connectivity index is 1.45. The number of methoxy groups -OCH3 is 2. The standard InChI is InChI=1S/C29H42N2O6/c1-4-5-6-7-8-9-10-16-31-29(33)23-17-21(14-15-25(23)34-2)24(32)19-30-18-22-20-36-28-26(35-3)12-11-13-27(28)37-22/h11-15,17,22,24,30,32H,4-10,16,18-20H2,1-3H3,(H,31,33). The number of nitrogens with one attached hydrogen (secondary N) is 2. The van der Waals surface area contributed by atoms with Crippen LogP contribution in [0.25, 0.3) is 0 Å². The fourth-order valence-electron chi connectivity index (χ4n) is 4.37. The first-order valence-corrected chi connectivity index (χ1v) is 13.4. The fourth-order valence-corrected chi connectivity index (χ4v) is 4.37. The Bertz CT molecular complexity index is 983. The van der Waals surface area contributed by atoms with Gasteiger partial charge in [0.15, 0.2) is 11.5 Å². The van der Waals surface area contributed by atoms with Crippen LogP contribution in [0.15, 0.2) is 36.4 Å². The van der Waals surface area contributed by atoms with Crippen LogP contribution >= 0.6 is 0 Å². The van der Waals surface area contributed by atoms with Gasteiger partial charge in [0.05, 0.1) is 25.9 Å². The number of hydrogen-bond donors (Lipinski definition) is 3. The number of ether oxygens (including phenoxy) is 4. The van der Waals surface area contributed by atoms with Crippen LogP contribution in [0.3, 0.4) is 0 Å². The molecule has 204 valence electrons. The molecule has 3 rings (SSSR count). The lowest BCUT2D eigenvalue weighted by molar-refractivity contribution is 0.0830. The van der Waals surface area contributed by atoms with Crippen molar-refractivity contribution in [3.63, 3.8) is 0 Å². The Morgan fingerprint density at radius 3 is 2.57 bits per heavy atom. The number of para-hydroxylation sites is 1. The number of hydrogen-bond acceptors (Lipinski definition) is 7. The van der Waals surface area contributed by atoms with Crippen molar-refractivity contribution in [1.82, 2.24) is 10.6 Å². The number of amides is 1. The van der Waals surface area contributed by atoms with E-state index >= 15 is 0 Å². The van der Waals surface area contributed by atoms with E-state index in [9.17, 15) is 9.90 Å². The van der Waals surface area contributed by atoms with Gasteiger partial charge < -0.3 is 34.7 Å². The Morgan fingerprint density at radius 2 is 1.81 bits per heavy atom. The maximum atomic E-state index is 12.8. The van der Waals surface area contributed by atoms with Gasteiger partial charge in [-0.05, 0) is 36.2 Å². The van der Waals surface area contributed by atoms with Gasteiger partial charge in [0.25, 0.3) is 5.91 Å². The predicted octanol–water partition coefficient (Wildman–Crippen LogP) is 4.65. The third kappa shape index (κ3) is 8.54. The first kappa shape index (κ1) is 28.6. The summed E-state index contributed by atoms with van der Waals surface area (Å²) in [5.74, 6) is 2.19. The number of carbonyl (C=O) groups is 1. The van der Waals surface area contributed by atoms with Crippen molar-refractivity contribution in [2.24, 2.45) is 0 Å². The zero-order valence-corrected chi connectivity index (χ0v) is 22.4. The lowest BCUT2D eigenvalue weighted by Gasteiger charge is -2.28. The molecule has 2 atom stereocenters. The molecule has 0 aliphatic carbocycles. The molecule has 2 unspecified atom stereocenters. The van der Waals surface area contributed by atoms with Gasteiger partial charge in [-0.15, -0.1) is 0 Å². The first-order chi connectivity index (χ1) is 18.1. The Morgan fingerprint density at radius 1 is 1.05 bits per heavy atom. The molecule has 0 aromatic heterocycles. The van der Waals surface area contributed by atoms with Gasteiger partial charge in [0.2, 0.25) is 5.75 Å². The number of aliphatic hydroxyl groups is 1. The van der Waals surface area contributed by atoms with Crippen LogP contribution in [0, 0.1) is 0 Å².